The second kappa shape index (κ2) is 6.59. The summed E-state index contributed by atoms with van der Waals surface area (Å²) < 4.78 is 0. The highest BCUT2D eigenvalue weighted by molar-refractivity contribution is 5.96. The molecule has 25 heavy (non-hydrogen) atoms. The third-order valence-corrected chi connectivity index (χ3v) is 5.01. The number of para-hydroxylation sites is 1. The molecule has 0 saturated heterocycles. The predicted molar refractivity (Wildman–Crippen MR) is 96.5 cm³/mol. The van der Waals surface area contributed by atoms with Gasteiger partial charge in [-0.25, -0.2) is 4.79 Å². The first-order valence-electron chi connectivity index (χ1n) is 8.70. The van der Waals surface area contributed by atoms with Crippen molar-refractivity contribution in [3.63, 3.8) is 0 Å². The highest BCUT2D eigenvalue weighted by Crippen LogP contribution is 2.27. The third-order valence-electron chi connectivity index (χ3n) is 5.01. The average molecular weight is 335 g/mol. The van der Waals surface area contributed by atoms with Crippen LogP contribution in [0.2, 0.25) is 0 Å². The summed E-state index contributed by atoms with van der Waals surface area (Å²) in [5, 5.41) is 2.78. The van der Waals surface area contributed by atoms with Crippen LogP contribution in [0.1, 0.15) is 16.7 Å². The lowest BCUT2D eigenvalue weighted by Crippen LogP contribution is -2.46. The number of nitrogens with zero attached hydrogens (tertiary/aromatic N) is 2. The Bertz CT molecular complexity index is 818. The fraction of sp³-hybridized carbons (Fsp3) is 0.300. The monoisotopic (exact) mass is 335 g/mol. The first-order chi connectivity index (χ1) is 12.2. The third kappa shape index (κ3) is 3.09. The Hall–Kier alpha value is -2.82. The van der Waals surface area contributed by atoms with E-state index in [0.29, 0.717) is 19.6 Å². The summed E-state index contributed by atoms with van der Waals surface area (Å²) in [6, 6.07) is 15.9. The van der Waals surface area contributed by atoms with Crippen molar-refractivity contribution in [1.82, 2.24) is 10.2 Å². The van der Waals surface area contributed by atoms with E-state index in [1.54, 1.807) is 4.90 Å². The van der Waals surface area contributed by atoms with Gasteiger partial charge >= 0.3 is 6.03 Å². The fourth-order valence-corrected chi connectivity index (χ4v) is 3.62. The number of urea groups is 1. The first kappa shape index (κ1) is 15.7. The molecule has 0 radical (unpaired) electrons. The Balaban J connectivity index is 1.35. The lowest BCUT2D eigenvalue weighted by molar-refractivity contribution is -0.130. The van der Waals surface area contributed by atoms with E-state index in [4.69, 9.17) is 0 Å². The summed E-state index contributed by atoms with van der Waals surface area (Å²) in [6.45, 7) is 2.03. The quantitative estimate of drug-likeness (QED) is 0.916. The van der Waals surface area contributed by atoms with Crippen molar-refractivity contribution in [3.05, 3.63) is 65.2 Å². The Morgan fingerprint density at radius 3 is 2.40 bits per heavy atom. The molecule has 1 N–H and O–H groups in total. The van der Waals surface area contributed by atoms with Crippen LogP contribution in [0.25, 0.3) is 0 Å². The van der Waals surface area contributed by atoms with E-state index in [-0.39, 0.29) is 18.5 Å². The van der Waals surface area contributed by atoms with E-state index in [2.05, 4.69) is 17.4 Å². The lowest BCUT2D eigenvalue weighted by Gasteiger charge is -2.29. The maximum atomic E-state index is 12.5. The highest BCUT2D eigenvalue weighted by Gasteiger charge is 2.25. The number of nitrogens with one attached hydrogen (secondary N) is 1. The number of carbonyl (C=O) groups is 2. The van der Waals surface area contributed by atoms with Gasteiger partial charge in [0.05, 0.1) is 6.54 Å². The van der Waals surface area contributed by atoms with Gasteiger partial charge in [-0.1, -0.05) is 42.5 Å². The van der Waals surface area contributed by atoms with E-state index in [9.17, 15) is 9.59 Å². The maximum absolute atomic E-state index is 12.5. The van der Waals surface area contributed by atoms with Crippen molar-refractivity contribution in [2.75, 3.05) is 24.5 Å². The van der Waals surface area contributed by atoms with Gasteiger partial charge in [0.1, 0.15) is 0 Å². The first-order valence-corrected chi connectivity index (χ1v) is 8.70. The Morgan fingerprint density at radius 1 is 0.880 bits per heavy atom. The molecule has 0 aromatic heterocycles. The molecule has 2 heterocycles. The standard InChI is InChI=1S/C20H21N3O2/c24-19(22-11-9-15-5-1-2-7-17(15)14-22)13-21-20(25)23-12-10-16-6-3-4-8-18(16)23/h1-8H,9-14H2,(H,21,25). The molecule has 5 nitrogen and oxygen atoms in total. The van der Waals surface area contributed by atoms with Gasteiger partial charge in [-0.2, -0.15) is 0 Å². The highest BCUT2D eigenvalue weighted by atomic mass is 16.2. The van der Waals surface area contributed by atoms with Crippen molar-refractivity contribution in [1.29, 1.82) is 0 Å². The van der Waals surface area contributed by atoms with E-state index < -0.39 is 0 Å². The van der Waals surface area contributed by atoms with Gasteiger partial charge in [-0.05, 0) is 35.6 Å². The smallest absolute Gasteiger partial charge is 0.322 e. The molecule has 0 bridgehead atoms. The van der Waals surface area contributed by atoms with Crippen molar-refractivity contribution in [2.45, 2.75) is 19.4 Å². The summed E-state index contributed by atoms with van der Waals surface area (Å²) in [5.41, 5.74) is 4.63. The van der Waals surface area contributed by atoms with Crippen LogP contribution in [0.5, 0.6) is 0 Å². The van der Waals surface area contributed by atoms with Crippen molar-refractivity contribution in [2.24, 2.45) is 0 Å². The van der Waals surface area contributed by atoms with Crippen LogP contribution >= 0.6 is 0 Å². The Labute approximate surface area is 147 Å². The van der Waals surface area contributed by atoms with Crippen molar-refractivity contribution in [3.8, 4) is 0 Å². The van der Waals surface area contributed by atoms with Crippen LogP contribution in [-0.2, 0) is 24.2 Å². The number of rotatable bonds is 2. The summed E-state index contributed by atoms with van der Waals surface area (Å²) >= 11 is 0. The summed E-state index contributed by atoms with van der Waals surface area (Å²) in [6.07, 6.45) is 1.73. The number of fused-ring (bicyclic) bond motifs is 2. The van der Waals surface area contributed by atoms with Crippen LogP contribution in [0.15, 0.2) is 48.5 Å². The van der Waals surface area contributed by atoms with Crippen molar-refractivity contribution < 1.29 is 9.59 Å². The largest absolute Gasteiger partial charge is 0.336 e. The number of anilines is 1. The molecule has 2 aromatic rings. The normalized spacial score (nSPS) is 15.5. The fourth-order valence-electron chi connectivity index (χ4n) is 3.62. The Morgan fingerprint density at radius 2 is 1.56 bits per heavy atom. The minimum atomic E-state index is -0.198. The second-order valence-corrected chi connectivity index (χ2v) is 6.52. The molecule has 2 aliphatic heterocycles. The SMILES string of the molecule is O=C(CNC(=O)N1CCc2ccccc21)N1CCc2ccccc2C1. The molecule has 0 fully saturated rings. The van der Waals surface area contributed by atoms with Gasteiger partial charge < -0.3 is 10.2 Å². The number of amides is 3. The Kier molecular flexibility index (Phi) is 4.14. The molecule has 3 amide bonds. The van der Waals surface area contributed by atoms with E-state index in [1.807, 2.05) is 41.3 Å². The summed E-state index contributed by atoms with van der Waals surface area (Å²) in [4.78, 5) is 28.4. The minimum absolute atomic E-state index is 0.0321. The summed E-state index contributed by atoms with van der Waals surface area (Å²) in [5.74, 6) is -0.0321. The molecule has 4 rings (SSSR count). The van der Waals surface area contributed by atoms with Gasteiger partial charge in [0.15, 0.2) is 0 Å². The van der Waals surface area contributed by atoms with Crippen LogP contribution < -0.4 is 10.2 Å². The number of hydrogen-bond donors (Lipinski definition) is 1. The zero-order chi connectivity index (χ0) is 17.2. The molecular weight excluding hydrogens is 314 g/mol. The molecule has 0 aliphatic carbocycles. The van der Waals surface area contributed by atoms with Crippen LogP contribution in [0.4, 0.5) is 10.5 Å². The number of benzene rings is 2. The van der Waals surface area contributed by atoms with Crippen LogP contribution in [0.3, 0.4) is 0 Å². The molecule has 0 unspecified atom stereocenters. The van der Waals surface area contributed by atoms with Gasteiger partial charge in [-0.3, -0.25) is 9.69 Å². The topological polar surface area (TPSA) is 52.7 Å². The lowest BCUT2D eigenvalue weighted by atomic mass is 10.00. The van der Waals surface area contributed by atoms with Gasteiger partial charge in [-0.15, -0.1) is 0 Å². The second-order valence-electron chi connectivity index (χ2n) is 6.52. The van der Waals surface area contributed by atoms with Crippen LogP contribution in [-0.4, -0.2) is 36.5 Å². The van der Waals surface area contributed by atoms with Crippen LogP contribution in [0, 0.1) is 0 Å². The number of hydrogen-bond acceptors (Lipinski definition) is 2. The zero-order valence-corrected chi connectivity index (χ0v) is 14.1. The number of carbonyl (C=O) groups excluding carboxylic acids is 2. The molecule has 0 atom stereocenters. The zero-order valence-electron chi connectivity index (χ0n) is 14.1. The molecule has 5 heteroatoms. The van der Waals surface area contributed by atoms with E-state index >= 15 is 0 Å². The maximum Gasteiger partial charge on any atom is 0.322 e. The van der Waals surface area contributed by atoms with Gasteiger partial charge in [0.2, 0.25) is 5.91 Å². The van der Waals surface area contributed by atoms with E-state index in [0.717, 1.165) is 18.5 Å². The van der Waals surface area contributed by atoms with Crippen molar-refractivity contribution >= 4 is 17.6 Å². The molecule has 0 spiro atoms. The summed E-state index contributed by atoms with van der Waals surface area (Å²) in [7, 11) is 0. The predicted octanol–water partition coefficient (Wildman–Crippen LogP) is 2.34. The molecule has 2 aliphatic rings. The molecule has 0 saturated carbocycles. The average Bonchev–Trinajstić information content (AvgIpc) is 3.09. The van der Waals surface area contributed by atoms with E-state index in [1.165, 1.54) is 16.7 Å². The minimum Gasteiger partial charge on any atom is -0.336 e. The molecule has 128 valence electrons. The molecular formula is C20H21N3O2. The van der Waals surface area contributed by atoms with Gasteiger partial charge in [0, 0.05) is 25.3 Å². The molecule has 2 aromatic carbocycles. The van der Waals surface area contributed by atoms with Gasteiger partial charge in [0.25, 0.3) is 0 Å².